The maximum atomic E-state index is 13.7. The van der Waals surface area contributed by atoms with E-state index in [1.807, 2.05) is 25.1 Å². The summed E-state index contributed by atoms with van der Waals surface area (Å²) in [6.07, 6.45) is 2.97. The number of hydrogen-bond acceptors (Lipinski definition) is 6. The van der Waals surface area contributed by atoms with Crippen molar-refractivity contribution in [3.05, 3.63) is 100 Å². The second-order valence-corrected chi connectivity index (χ2v) is 9.62. The summed E-state index contributed by atoms with van der Waals surface area (Å²) in [5.74, 6) is 0. The molecular formula is C24H21ClN4O3S. The lowest BCUT2D eigenvalue weighted by Gasteiger charge is -2.10. The van der Waals surface area contributed by atoms with Gasteiger partial charge in [-0.05, 0) is 44.2 Å². The predicted molar refractivity (Wildman–Crippen MR) is 127 cm³/mol. The third kappa shape index (κ3) is 4.97. The van der Waals surface area contributed by atoms with Gasteiger partial charge in [0.25, 0.3) is 0 Å². The van der Waals surface area contributed by atoms with Crippen LogP contribution in [0.5, 0.6) is 0 Å². The normalized spacial score (nSPS) is 11.7. The summed E-state index contributed by atoms with van der Waals surface area (Å²) in [7, 11) is -3.91. The van der Waals surface area contributed by atoms with Crippen LogP contribution in [0.1, 0.15) is 22.4 Å². The molecule has 0 amide bonds. The number of benzene rings is 2. The minimum absolute atomic E-state index is 0.0237. The van der Waals surface area contributed by atoms with Crippen LogP contribution in [0.15, 0.2) is 88.0 Å². The van der Waals surface area contributed by atoms with E-state index >= 15 is 0 Å². The minimum Gasteiger partial charge on any atom is -0.391 e. The number of sulfone groups is 1. The Labute approximate surface area is 197 Å². The molecule has 0 unspecified atom stereocenters. The van der Waals surface area contributed by atoms with E-state index in [1.165, 1.54) is 10.9 Å². The van der Waals surface area contributed by atoms with E-state index in [1.54, 1.807) is 61.7 Å². The number of para-hydroxylation sites is 1. The number of aromatic nitrogens is 3. The van der Waals surface area contributed by atoms with E-state index < -0.39 is 9.84 Å². The second-order valence-electron chi connectivity index (χ2n) is 7.37. The Kier molecular flexibility index (Phi) is 6.57. The minimum atomic E-state index is -3.91. The van der Waals surface area contributed by atoms with Crippen LogP contribution in [-0.2, 0) is 21.3 Å². The van der Waals surface area contributed by atoms with Crippen LogP contribution in [0, 0.1) is 13.8 Å². The van der Waals surface area contributed by atoms with Gasteiger partial charge in [0.15, 0.2) is 5.03 Å². The lowest BCUT2D eigenvalue weighted by atomic mass is 10.2. The number of halogens is 1. The molecule has 4 aromatic rings. The van der Waals surface area contributed by atoms with Gasteiger partial charge in [0.2, 0.25) is 9.84 Å². The van der Waals surface area contributed by atoms with Crippen LogP contribution < -0.4 is 0 Å². The number of nitrogens with zero attached hydrogens (tertiary/aromatic N) is 4. The van der Waals surface area contributed by atoms with E-state index in [4.69, 9.17) is 16.4 Å². The lowest BCUT2D eigenvalue weighted by Crippen LogP contribution is -2.12. The lowest BCUT2D eigenvalue weighted by molar-refractivity contribution is 0.132. The highest BCUT2D eigenvalue weighted by Gasteiger charge is 2.29. The summed E-state index contributed by atoms with van der Waals surface area (Å²) >= 11 is 5.79. The monoisotopic (exact) mass is 480 g/mol. The number of rotatable bonds is 7. The van der Waals surface area contributed by atoms with E-state index in [0.717, 1.165) is 11.1 Å². The maximum absolute atomic E-state index is 13.7. The molecule has 0 aliphatic rings. The van der Waals surface area contributed by atoms with Gasteiger partial charge in [0, 0.05) is 11.8 Å². The summed E-state index contributed by atoms with van der Waals surface area (Å²) in [6.45, 7) is 3.80. The Morgan fingerprint density at radius 3 is 2.42 bits per heavy atom. The SMILES string of the molecule is Cc1ccc(S(=O)(=O)c2c(/C=N/OCc3ccc(Cl)nc3)c(C)nn2-c2ccccc2)cc1. The fraction of sp³-hybridized carbons (Fsp3) is 0.125. The molecule has 0 fully saturated rings. The fourth-order valence-electron chi connectivity index (χ4n) is 3.19. The van der Waals surface area contributed by atoms with Crippen molar-refractivity contribution in [1.82, 2.24) is 14.8 Å². The zero-order chi connectivity index (χ0) is 23.4. The summed E-state index contributed by atoms with van der Waals surface area (Å²) in [5.41, 5.74) is 3.23. The summed E-state index contributed by atoms with van der Waals surface area (Å²) in [6, 6.07) is 19.2. The molecule has 33 heavy (non-hydrogen) atoms. The number of oxime groups is 1. The average molecular weight is 481 g/mol. The van der Waals surface area contributed by atoms with Gasteiger partial charge in [-0.3, -0.25) is 0 Å². The number of hydrogen-bond donors (Lipinski definition) is 0. The van der Waals surface area contributed by atoms with Gasteiger partial charge in [-0.15, -0.1) is 0 Å². The molecule has 2 aromatic carbocycles. The molecule has 0 radical (unpaired) electrons. The zero-order valence-electron chi connectivity index (χ0n) is 18.0. The average Bonchev–Trinajstić information content (AvgIpc) is 3.15. The van der Waals surface area contributed by atoms with E-state index in [2.05, 4.69) is 15.2 Å². The molecule has 2 aromatic heterocycles. The molecule has 168 valence electrons. The molecule has 0 saturated heterocycles. The van der Waals surface area contributed by atoms with Crippen molar-refractivity contribution in [3.8, 4) is 5.69 Å². The maximum Gasteiger partial charge on any atom is 0.224 e. The van der Waals surface area contributed by atoms with Crippen molar-refractivity contribution < 1.29 is 13.3 Å². The highest BCUT2D eigenvalue weighted by atomic mass is 35.5. The number of pyridine rings is 1. The van der Waals surface area contributed by atoms with Gasteiger partial charge in [0.05, 0.1) is 28.1 Å². The van der Waals surface area contributed by atoms with Gasteiger partial charge in [0.1, 0.15) is 11.8 Å². The molecule has 0 aliphatic carbocycles. The molecule has 0 N–H and O–H groups in total. The standard InChI is InChI=1S/C24H21ClN4O3S/c1-17-8-11-21(12-9-17)33(30,31)24-22(15-27-32-16-19-10-13-23(25)26-14-19)18(2)28-29(24)20-6-4-3-5-7-20/h3-15H,16H2,1-2H3/b27-15+. The molecule has 0 aliphatic heterocycles. The highest BCUT2D eigenvalue weighted by molar-refractivity contribution is 7.91. The van der Waals surface area contributed by atoms with Gasteiger partial charge in [-0.1, -0.05) is 58.7 Å². The van der Waals surface area contributed by atoms with E-state index in [9.17, 15) is 8.42 Å². The Balaban J connectivity index is 1.74. The Morgan fingerprint density at radius 2 is 1.76 bits per heavy atom. The van der Waals surface area contributed by atoms with Crippen molar-refractivity contribution in [2.75, 3.05) is 0 Å². The molecule has 4 rings (SSSR count). The summed E-state index contributed by atoms with van der Waals surface area (Å²) < 4.78 is 28.8. The van der Waals surface area contributed by atoms with Gasteiger partial charge < -0.3 is 4.84 Å². The first-order chi connectivity index (χ1) is 15.9. The van der Waals surface area contributed by atoms with Crippen LogP contribution in [-0.4, -0.2) is 29.4 Å². The largest absolute Gasteiger partial charge is 0.391 e. The molecule has 2 heterocycles. The van der Waals surface area contributed by atoms with Gasteiger partial charge in [-0.25, -0.2) is 18.1 Å². The first kappa shape index (κ1) is 22.7. The Bertz CT molecular complexity index is 1380. The molecule has 0 saturated carbocycles. The fourth-order valence-corrected chi connectivity index (χ4v) is 4.89. The van der Waals surface area contributed by atoms with Crippen LogP contribution in [0.2, 0.25) is 5.15 Å². The van der Waals surface area contributed by atoms with Gasteiger partial charge >= 0.3 is 0 Å². The van der Waals surface area contributed by atoms with Crippen LogP contribution in [0.4, 0.5) is 0 Å². The third-order valence-corrected chi connectivity index (χ3v) is 6.94. The first-order valence-electron chi connectivity index (χ1n) is 10.1. The summed E-state index contributed by atoms with van der Waals surface area (Å²) in [4.78, 5) is 9.55. The van der Waals surface area contributed by atoms with Crippen LogP contribution in [0.3, 0.4) is 0 Å². The second kappa shape index (κ2) is 9.56. The van der Waals surface area contributed by atoms with Crippen molar-refractivity contribution in [3.63, 3.8) is 0 Å². The Morgan fingerprint density at radius 1 is 1.03 bits per heavy atom. The highest BCUT2D eigenvalue weighted by Crippen LogP contribution is 2.28. The Hall–Kier alpha value is -3.49. The van der Waals surface area contributed by atoms with Crippen molar-refractivity contribution in [2.24, 2.45) is 5.16 Å². The van der Waals surface area contributed by atoms with E-state index in [-0.39, 0.29) is 16.5 Å². The van der Waals surface area contributed by atoms with Crippen LogP contribution >= 0.6 is 11.6 Å². The molecule has 0 atom stereocenters. The topological polar surface area (TPSA) is 86.4 Å². The molecule has 9 heteroatoms. The van der Waals surface area contributed by atoms with Crippen LogP contribution in [0.25, 0.3) is 5.69 Å². The number of aryl methyl sites for hydroxylation is 2. The molecule has 7 nitrogen and oxygen atoms in total. The van der Waals surface area contributed by atoms with Crippen molar-refractivity contribution in [1.29, 1.82) is 0 Å². The summed E-state index contributed by atoms with van der Waals surface area (Å²) in [5, 5.41) is 8.92. The molecule has 0 bridgehead atoms. The zero-order valence-corrected chi connectivity index (χ0v) is 19.6. The van der Waals surface area contributed by atoms with Gasteiger partial charge in [-0.2, -0.15) is 5.10 Å². The molecule has 0 spiro atoms. The van der Waals surface area contributed by atoms with Crippen molar-refractivity contribution >= 4 is 27.7 Å². The van der Waals surface area contributed by atoms with E-state index in [0.29, 0.717) is 22.1 Å². The predicted octanol–water partition coefficient (Wildman–Crippen LogP) is 4.92. The molecular weight excluding hydrogens is 460 g/mol. The smallest absolute Gasteiger partial charge is 0.224 e. The quantitative estimate of drug-likeness (QED) is 0.213. The third-order valence-electron chi connectivity index (χ3n) is 4.93. The van der Waals surface area contributed by atoms with Crippen molar-refractivity contribution in [2.45, 2.75) is 30.4 Å². The first-order valence-corrected chi connectivity index (χ1v) is 11.9.